The molecule has 0 aliphatic carbocycles. The Morgan fingerprint density at radius 3 is 2.38 bits per heavy atom. The molecular weight excluding hydrogens is 332 g/mol. The first-order valence-electron chi connectivity index (χ1n) is 9.29. The van der Waals surface area contributed by atoms with Gasteiger partial charge in [-0.15, -0.1) is 0 Å². The zero-order valence-electron chi connectivity index (χ0n) is 16.2. The molecule has 2 fully saturated rings. The van der Waals surface area contributed by atoms with Crippen LogP contribution in [0.2, 0.25) is 0 Å². The minimum atomic E-state index is -0.458. The number of benzene rings is 1. The van der Waals surface area contributed by atoms with Crippen LogP contribution in [0.4, 0.5) is 4.79 Å². The minimum absolute atomic E-state index is 0.179. The highest BCUT2D eigenvalue weighted by atomic mass is 16.6. The van der Waals surface area contributed by atoms with Crippen molar-refractivity contribution in [2.75, 3.05) is 33.4 Å². The summed E-state index contributed by atoms with van der Waals surface area (Å²) >= 11 is 0. The van der Waals surface area contributed by atoms with Crippen LogP contribution in [0.25, 0.3) is 0 Å². The third kappa shape index (κ3) is 4.48. The summed E-state index contributed by atoms with van der Waals surface area (Å²) in [5.41, 5.74) is 0.564. The van der Waals surface area contributed by atoms with Crippen LogP contribution in [-0.2, 0) is 9.47 Å². The summed E-state index contributed by atoms with van der Waals surface area (Å²) in [6.07, 6.45) is 1.43. The van der Waals surface area contributed by atoms with E-state index in [9.17, 15) is 4.79 Å². The molecule has 1 spiro atoms. The van der Waals surface area contributed by atoms with E-state index in [0.717, 1.165) is 25.1 Å². The van der Waals surface area contributed by atoms with Crippen molar-refractivity contribution in [3.8, 4) is 5.75 Å². The van der Waals surface area contributed by atoms with E-state index in [4.69, 9.17) is 14.2 Å². The summed E-state index contributed by atoms with van der Waals surface area (Å²) in [5.74, 6) is 0.858. The summed E-state index contributed by atoms with van der Waals surface area (Å²) in [6, 6.07) is 8.28. The number of morpholine rings is 1. The van der Waals surface area contributed by atoms with Crippen molar-refractivity contribution < 1.29 is 19.0 Å². The van der Waals surface area contributed by atoms with E-state index in [2.05, 4.69) is 17.4 Å². The van der Waals surface area contributed by atoms with Gasteiger partial charge in [0.25, 0.3) is 0 Å². The number of rotatable bonds is 2. The summed E-state index contributed by atoms with van der Waals surface area (Å²) in [7, 11) is 1.67. The Morgan fingerprint density at radius 2 is 1.88 bits per heavy atom. The molecule has 6 nitrogen and oxygen atoms in total. The predicted molar refractivity (Wildman–Crippen MR) is 99.5 cm³/mol. The summed E-state index contributed by atoms with van der Waals surface area (Å²) in [4.78, 5) is 14.0. The Bertz CT molecular complexity index is 606. The van der Waals surface area contributed by atoms with E-state index in [0.29, 0.717) is 19.7 Å². The number of hydrogen-bond acceptors (Lipinski definition) is 5. The van der Waals surface area contributed by atoms with Crippen LogP contribution in [-0.4, -0.2) is 55.5 Å². The SMILES string of the molecule is COc1ccc([C@H]2COC3(CCN(C(=O)OC(C)(C)C)CC3)CN2)cc1. The number of nitrogens with one attached hydrogen (secondary N) is 1. The second-order valence-corrected chi connectivity index (χ2v) is 8.17. The first-order chi connectivity index (χ1) is 12.3. The van der Waals surface area contributed by atoms with Crippen LogP contribution in [0.5, 0.6) is 5.75 Å². The van der Waals surface area contributed by atoms with Crippen molar-refractivity contribution in [2.24, 2.45) is 0 Å². The molecule has 0 bridgehead atoms. The van der Waals surface area contributed by atoms with Gasteiger partial charge in [-0.25, -0.2) is 4.79 Å². The highest BCUT2D eigenvalue weighted by Crippen LogP contribution is 2.32. The van der Waals surface area contributed by atoms with Crippen molar-refractivity contribution in [1.29, 1.82) is 0 Å². The van der Waals surface area contributed by atoms with Crippen molar-refractivity contribution >= 4 is 6.09 Å². The van der Waals surface area contributed by atoms with Gasteiger partial charge in [0.05, 0.1) is 25.4 Å². The summed E-state index contributed by atoms with van der Waals surface area (Å²) < 4.78 is 17.0. The zero-order valence-corrected chi connectivity index (χ0v) is 16.2. The molecule has 3 rings (SSSR count). The second-order valence-electron chi connectivity index (χ2n) is 8.17. The average molecular weight is 362 g/mol. The van der Waals surface area contributed by atoms with Gasteiger partial charge in [0.1, 0.15) is 11.4 Å². The molecule has 26 heavy (non-hydrogen) atoms. The number of hydrogen-bond donors (Lipinski definition) is 1. The normalized spacial score (nSPS) is 22.9. The first kappa shape index (κ1) is 19.0. The number of methoxy groups -OCH3 is 1. The fourth-order valence-corrected chi connectivity index (χ4v) is 3.47. The standard InChI is InChI=1S/C20H30N2O4/c1-19(2,3)26-18(23)22-11-9-20(10-12-22)14-21-17(13-25-20)15-5-7-16(24-4)8-6-15/h5-8,17,21H,9-14H2,1-4H3/t17-/m1/s1. The van der Waals surface area contributed by atoms with Crippen LogP contribution in [0, 0.1) is 0 Å². The van der Waals surface area contributed by atoms with Crippen LogP contribution in [0.1, 0.15) is 45.2 Å². The van der Waals surface area contributed by atoms with E-state index in [1.54, 1.807) is 12.0 Å². The number of piperidine rings is 1. The zero-order chi connectivity index (χ0) is 18.8. The number of nitrogens with zero attached hydrogens (tertiary/aromatic N) is 1. The molecule has 6 heteroatoms. The van der Waals surface area contributed by atoms with Crippen molar-refractivity contribution in [3.63, 3.8) is 0 Å². The predicted octanol–water partition coefficient (Wildman–Crippen LogP) is 3.13. The smallest absolute Gasteiger partial charge is 0.410 e. The molecule has 1 aromatic carbocycles. The van der Waals surface area contributed by atoms with Crippen LogP contribution < -0.4 is 10.1 Å². The quantitative estimate of drug-likeness (QED) is 0.876. The topological polar surface area (TPSA) is 60.0 Å². The van der Waals surface area contributed by atoms with E-state index >= 15 is 0 Å². The number of likely N-dealkylation sites (tertiary alicyclic amines) is 1. The van der Waals surface area contributed by atoms with Gasteiger partial charge in [0.15, 0.2) is 0 Å². The van der Waals surface area contributed by atoms with Crippen molar-refractivity contribution in [2.45, 2.75) is 50.9 Å². The van der Waals surface area contributed by atoms with Gasteiger partial charge in [0, 0.05) is 19.6 Å². The lowest BCUT2D eigenvalue weighted by atomic mass is 9.89. The maximum Gasteiger partial charge on any atom is 0.410 e. The molecule has 1 amide bonds. The number of carbonyl (C=O) groups excluding carboxylic acids is 1. The maximum atomic E-state index is 12.2. The van der Waals surface area contributed by atoms with E-state index in [-0.39, 0.29) is 17.7 Å². The molecule has 2 heterocycles. The number of carbonyl (C=O) groups is 1. The molecule has 1 aromatic rings. The van der Waals surface area contributed by atoms with Crippen LogP contribution >= 0.6 is 0 Å². The largest absolute Gasteiger partial charge is 0.497 e. The van der Waals surface area contributed by atoms with Gasteiger partial charge in [0.2, 0.25) is 0 Å². The van der Waals surface area contributed by atoms with Crippen LogP contribution in [0.15, 0.2) is 24.3 Å². The van der Waals surface area contributed by atoms with Gasteiger partial charge in [-0.05, 0) is 51.3 Å². The van der Waals surface area contributed by atoms with Gasteiger partial charge >= 0.3 is 6.09 Å². The van der Waals surface area contributed by atoms with E-state index in [1.165, 1.54) is 5.56 Å². The molecule has 0 radical (unpaired) electrons. The Morgan fingerprint density at radius 1 is 1.23 bits per heavy atom. The lowest BCUT2D eigenvalue weighted by molar-refractivity contribution is -0.113. The fraction of sp³-hybridized carbons (Fsp3) is 0.650. The van der Waals surface area contributed by atoms with E-state index in [1.807, 2.05) is 32.9 Å². The Kier molecular flexibility index (Phi) is 5.44. The fourth-order valence-electron chi connectivity index (χ4n) is 3.47. The summed E-state index contributed by atoms with van der Waals surface area (Å²) in [6.45, 7) is 8.45. The lowest BCUT2D eigenvalue weighted by Crippen LogP contribution is -2.57. The molecular formula is C20H30N2O4. The van der Waals surface area contributed by atoms with Crippen LogP contribution in [0.3, 0.4) is 0 Å². The van der Waals surface area contributed by atoms with Gasteiger partial charge in [-0.3, -0.25) is 0 Å². The average Bonchev–Trinajstić information content (AvgIpc) is 2.62. The molecule has 2 saturated heterocycles. The van der Waals surface area contributed by atoms with Crippen molar-refractivity contribution in [1.82, 2.24) is 10.2 Å². The highest BCUT2D eigenvalue weighted by Gasteiger charge is 2.41. The molecule has 144 valence electrons. The lowest BCUT2D eigenvalue weighted by Gasteiger charge is -2.46. The summed E-state index contributed by atoms with van der Waals surface area (Å²) in [5, 5.41) is 3.62. The molecule has 0 saturated carbocycles. The van der Waals surface area contributed by atoms with Gasteiger partial charge in [-0.2, -0.15) is 0 Å². The molecule has 2 aliphatic rings. The third-order valence-corrected chi connectivity index (χ3v) is 5.07. The van der Waals surface area contributed by atoms with Gasteiger partial charge in [-0.1, -0.05) is 12.1 Å². The monoisotopic (exact) mass is 362 g/mol. The number of ether oxygens (including phenoxy) is 3. The Labute approximate surface area is 155 Å². The minimum Gasteiger partial charge on any atom is -0.497 e. The Hall–Kier alpha value is -1.79. The molecule has 0 aromatic heterocycles. The molecule has 0 unspecified atom stereocenters. The molecule has 1 atom stereocenters. The maximum absolute atomic E-state index is 12.2. The first-order valence-corrected chi connectivity index (χ1v) is 9.29. The van der Waals surface area contributed by atoms with E-state index < -0.39 is 5.60 Å². The second kappa shape index (κ2) is 7.45. The highest BCUT2D eigenvalue weighted by molar-refractivity contribution is 5.68. The van der Waals surface area contributed by atoms with Crippen molar-refractivity contribution in [3.05, 3.63) is 29.8 Å². The van der Waals surface area contributed by atoms with Gasteiger partial charge < -0.3 is 24.4 Å². The molecule has 2 aliphatic heterocycles. The Balaban J connectivity index is 1.51. The molecule has 1 N–H and O–H groups in total. The number of amides is 1. The third-order valence-electron chi connectivity index (χ3n) is 5.07.